The van der Waals surface area contributed by atoms with E-state index in [9.17, 15) is 9.90 Å². The van der Waals surface area contributed by atoms with Crippen LogP contribution in [0.5, 0.6) is 0 Å². The first-order valence-electron chi connectivity index (χ1n) is 6.56. The molecule has 0 amide bonds. The van der Waals surface area contributed by atoms with Gasteiger partial charge in [-0.15, -0.1) is 0 Å². The van der Waals surface area contributed by atoms with E-state index in [1.54, 1.807) is 0 Å². The molecular formula is C15H16ClNO2. The Morgan fingerprint density at radius 1 is 1.37 bits per heavy atom. The zero-order valence-corrected chi connectivity index (χ0v) is 11.5. The minimum atomic E-state index is -0.795. The number of aliphatic carboxylic acids is 1. The summed E-state index contributed by atoms with van der Waals surface area (Å²) in [5.41, 5.74) is 1.97. The molecule has 0 spiro atoms. The number of aryl methyl sites for hydroxylation is 1. The number of carboxylic acids is 1. The molecule has 2 aromatic rings. The van der Waals surface area contributed by atoms with Crippen LogP contribution in [0.1, 0.15) is 36.9 Å². The number of hydrogen-bond donors (Lipinski definition) is 2. The number of aromatic amines is 1. The van der Waals surface area contributed by atoms with Gasteiger partial charge in [-0.25, -0.2) is 0 Å². The van der Waals surface area contributed by atoms with Crippen LogP contribution in [0.3, 0.4) is 0 Å². The predicted octanol–water partition coefficient (Wildman–Crippen LogP) is 4.03. The molecule has 3 rings (SSSR count). The number of halogens is 1. The molecule has 4 heteroatoms. The highest BCUT2D eigenvalue weighted by atomic mass is 35.5. The number of H-pyrrole nitrogens is 1. The molecule has 1 aliphatic rings. The van der Waals surface area contributed by atoms with Crippen LogP contribution in [-0.4, -0.2) is 16.1 Å². The van der Waals surface area contributed by atoms with E-state index in [1.165, 1.54) is 0 Å². The lowest BCUT2D eigenvalue weighted by molar-refractivity contribution is -0.143. The molecule has 1 heterocycles. The summed E-state index contributed by atoms with van der Waals surface area (Å²) in [6, 6.07) is 5.79. The number of nitrogens with one attached hydrogen (secondary N) is 1. The van der Waals surface area contributed by atoms with E-state index in [2.05, 4.69) is 4.98 Å². The maximum atomic E-state index is 11.8. The van der Waals surface area contributed by atoms with E-state index >= 15 is 0 Å². The molecule has 3 nitrogen and oxygen atoms in total. The van der Waals surface area contributed by atoms with Gasteiger partial charge in [-0.05, 0) is 37.5 Å². The SMILES string of the molecule is Cc1cc2c(Cl)c(C3(C(=O)O)CCCC3)ccc2[nH]1. The minimum Gasteiger partial charge on any atom is -0.481 e. The Morgan fingerprint density at radius 3 is 2.68 bits per heavy atom. The Hall–Kier alpha value is -1.48. The number of carbonyl (C=O) groups is 1. The maximum absolute atomic E-state index is 11.8. The van der Waals surface area contributed by atoms with Crippen molar-refractivity contribution in [2.24, 2.45) is 0 Å². The number of benzene rings is 1. The van der Waals surface area contributed by atoms with Gasteiger partial charge >= 0.3 is 5.97 Å². The molecule has 0 unspecified atom stereocenters. The van der Waals surface area contributed by atoms with E-state index < -0.39 is 11.4 Å². The smallest absolute Gasteiger partial charge is 0.314 e. The molecule has 19 heavy (non-hydrogen) atoms. The Labute approximate surface area is 116 Å². The van der Waals surface area contributed by atoms with Crippen LogP contribution in [0, 0.1) is 6.92 Å². The predicted molar refractivity (Wildman–Crippen MR) is 75.8 cm³/mol. The van der Waals surface area contributed by atoms with E-state index in [0.29, 0.717) is 17.9 Å². The van der Waals surface area contributed by atoms with Crippen LogP contribution in [0.2, 0.25) is 5.02 Å². The summed E-state index contributed by atoms with van der Waals surface area (Å²) in [7, 11) is 0. The molecule has 2 N–H and O–H groups in total. The summed E-state index contributed by atoms with van der Waals surface area (Å²) >= 11 is 6.49. The van der Waals surface area contributed by atoms with Crippen molar-refractivity contribution in [1.29, 1.82) is 0 Å². The van der Waals surface area contributed by atoms with Gasteiger partial charge in [-0.2, -0.15) is 0 Å². The maximum Gasteiger partial charge on any atom is 0.314 e. The van der Waals surface area contributed by atoms with E-state index in [0.717, 1.165) is 35.0 Å². The van der Waals surface area contributed by atoms with Crippen molar-refractivity contribution >= 4 is 28.5 Å². The number of rotatable bonds is 2. The van der Waals surface area contributed by atoms with Crippen molar-refractivity contribution in [1.82, 2.24) is 4.98 Å². The van der Waals surface area contributed by atoms with Gasteiger partial charge in [0.05, 0.1) is 10.4 Å². The summed E-state index contributed by atoms with van der Waals surface area (Å²) in [6.45, 7) is 1.97. The summed E-state index contributed by atoms with van der Waals surface area (Å²) < 4.78 is 0. The lowest BCUT2D eigenvalue weighted by Gasteiger charge is -2.25. The standard InChI is InChI=1S/C15H16ClNO2/c1-9-8-10-12(17-9)5-4-11(13(10)16)15(14(18)19)6-2-3-7-15/h4-5,8,17H,2-3,6-7H2,1H3,(H,18,19). The van der Waals surface area contributed by atoms with E-state index in [4.69, 9.17) is 11.6 Å². The highest BCUT2D eigenvalue weighted by Gasteiger charge is 2.44. The van der Waals surface area contributed by atoms with Crippen LogP contribution < -0.4 is 0 Å². The fourth-order valence-electron chi connectivity index (χ4n) is 3.25. The average Bonchev–Trinajstić information content (AvgIpc) is 2.96. The molecule has 1 aromatic heterocycles. The van der Waals surface area contributed by atoms with Gasteiger partial charge < -0.3 is 10.1 Å². The van der Waals surface area contributed by atoms with Crippen LogP contribution >= 0.6 is 11.6 Å². The average molecular weight is 278 g/mol. The van der Waals surface area contributed by atoms with Gasteiger partial charge in [-0.3, -0.25) is 4.79 Å². The summed E-state index contributed by atoms with van der Waals surface area (Å²) in [5, 5.41) is 11.2. The highest BCUT2D eigenvalue weighted by Crippen LogP contribution is 2.45. The summed E-state index contributed by atoms with van der Waals surface area (Å²) in [5.74, 6) is -0.751. The van der Waals surface area contributed by atoms with Gasteiger partial charge in [-0.1, -0.05) is 30.5 Å². The summed E-state index contributed by atoms with van der Waals surface area (Å²) in [6.07, 6.45) is 3.26. The van der Waals surface area contributed by atoms with Gasteiger partial charge in [0.2, 0.25) is 0 Å². The number of hydrogen-bond acceptors (Lipinski definition) is 1. The van der Waals surface area contributed by atoms with Crippen LogP contribution in [-0.2, 0) is 10.2 Å². The van der Waals surface area contributed by atoms with Gasteiger partial charge in [0.15, 0.2) is 0 Å². The van der Waals surface area contributed by atoms with Crippen molar-refractivity contribution in [3.63, 3.8) is 0 Å². The Morgan fingerprint density at radius 2 is 2.05 bits per heavy atom. The van der Waals surface area contributed by atoms with E-state index in [-0.39, 0.29) is 0 Å². The molecule has 1 aromatic carbocycles. The second kappa shape index (κ2) is 4.27. The molecule has 0 aliphatic heterocycles. The fourth-order valence-corrected chi connectivity index (χ4v) is 3.65. The lowest BCUT2D eigenvalue weighted by Crippen LogP contribution is -2.32. The van der Waals surface area contributed by atoms with Crippen molar-refractivity contribution in [3.05, 3.63) is 34.5 Å². The molecule has 0 bridgehead atoms. The normalized spacial score (nSPS) is 18.0. The van der Waals surface area contributed by atoms with Gasteiger partial charge in [0.25, 0.3) is 0 Å². The topological polar surface area (TPSA) is 53.1 Å². The van der Waals surface area contributed by atoms with Crippen molar-refractivity contribution in [2.45, 2.75) is 38.0 Å². The first kappa shape index (κ1) is 12.5. The molecule has 1 fully saturated rings. The third kappa shape index (κ3) is 1.76. The first-order chi connectivity index (χ1) is 9.04. The first-order valence-corrected chi connectivity index (χ1v) is 6.94. The molecular weight excluding hydrogens is 262 g/mol. The summed E-state index contributed by atoms with van der Waals surface area (Å²) in [4.78, 5) is 15.0. The Balaban J connectivity index is 2.24. The zero-order chi connectivity index (χ0) is 13.6. The van der Waals surface area contributed by atoms with Crippen molar-refractivity contribution in [3.8, 4) is 0 Å². The van der Waals surface area contributed by atoms with Gasteiger partial charge in [0, 0.05) is 16.6 Å². The minimum absolute atomic E-state index is 0.589. The molecule has 0 atom stereocenters. The molecule has 100 valence electrons. The third-order valence-corrected chi connectivity index (χ3v) is 4.66. The lowest BCUT2D eigenvalue weighted by atomic mass is 9.78. The molecule has 1 aliphatic carbocycles. The fraction of sp³-hybridized carbons (Fsp3) is 0.400. The van der Waals surface area contributed by atoms with E-state index in [1.807, 2.05) is 25.1 Å². The number of carboxylic acid groups (broad SMARTS) is 1. The van der Waals surface area contributed by atoms with Gasteiger partial charge in [0.1, 0.15) is 0 Å². The molecule has 0 radical (unpaired) electrons. The largest absolute Gasteiger partial charge is 0.481 e. The van der Waals surface area contributed by atoms with Crippen LogP contribution in [0.15, 0.2) is 18.2 Å². The number of aromatic nitrogens is 1. The molecule has 0 saturated heterocycles. The van der Waals surface area contributed by atoms with Crippen LogP contribution in [0.4, 0.5) is 0 Å². The highest BCUT2D eigenvalue weighted by molar-refractivity contribution is 6.36. The second-order valence-corrected chi connectivity index (χ2v) is 5.81. The number of fused-ring (bicyclic) bond motifs is 1. The second-order valence-electron chi connectivity index (χ2n) is 5.44. The zero-order valence-electron chi connectivity index (χ0n) is 10.8. The monoisotopic (exact) mass is 277 g/mol. The Bertz CT molecular complexity index is 653. The van der Waals surface area contributed by atoms with Crippen LogP contribution in [0.25, 0.3) is 10.9 Å². The van der Waals surface area contributed by atoms with Crippen molar-refractivity contribution < 1.29 is 9.90 Å². The quantitative estimate of drug-likeness (QED) is 0.871. The Kier molecular flexibility index (Phi) is 2.82. The third-order valence-electron chi connectivity index (χ3n) is 4.25. The molecule has 1 saturated carbocycles. The van der Waals surface area contributed by atoms with Crippen molar-refractivity contribution in [2.75, 3.05) is 0 Å².